The fraction of sp³-hybridized carbons (Fsp3) is 0.611. The molecule has 2 rings (SSSR count). The normalized spacial score (nSPS) is 21.9. The number of hydrogen-bond acceptors (Lipinski definition) is 3. The minimum atomic E-state index is -0.460. The molecule has 0 radical (unpaired) electrons. The summed E-state index contributed by atoms with van der Waals surface area (Å²) in [6.45, 7) is 8.98. The molecule has 1 heterocycles. The van der Waals surface area contributed by atoms with Crippen LogP contribution in [0.1, 0.15) is 46.1 Å². The number of nitrogens with zero attached hydrogens (tertiary/aromatic N) is 1. The minimum absolute atomic E-state index is 0.0812. The lowest BCUT2D eigenvalue weighted by molar-refractivity contribution is 0.0148. The number of carbonyl (C=O) groups is 1. The molecule has 0 aromatic heterocycles. The Morgan fingerprint density at radius 2 is 1.95 bits per heavy atom. The quantitative estimate of drug-likeness (QED) is 0.844. The Morgan fingerprint density at radius 3 is 2.55 bits per heavy atom. The third kappa shape index (κ3) is 4.73. The molecule has 4 heteroatoms. The Hall–Kier alpha value is -1.55. The summed E-state index contributed by atoms with van der Waals surface area (Å²) in [5.74, 6) is 0. The molecule has 0 N–H and O–H groups in total. The van der Waals surface area contributed by atoms with Crippen molar-refractivity contribution in [1.82, 2.24) is 4.90 Å². The monoisotopic (exact) mass is 305 g/mol. The topological polar surface area (TPSA) is 38.8 Å². The van der Waals surface area contributed by atoms with E-state index in [0.717, 1.165) is 18.4 Å². The van der Waals surface area contributed by atoms with Gasteiger partial charge in [-0.2, -0.15) is 0 Å². The lowest BCUT2D eigenvalue weighted by Crippen LogP contribution is -2.40. The van der Waals surface area contributed by atoms with E-state index in [-0.39, 0.29) is 18.2 Å². The largest absolute Gasteiger partial charge is 0.444 e. The highest BCUT2D eigenvalue weighted by Gasteiger charge is 2.36. The Labute approximate surface area is 133 Å². The van der Waals surface area contributed by atoms with Gasteiger partial charge in [-0.3, -0.25) is 0 Å². The van der Waals surface area contributed by atoms with Gasteiger partial charge < -0.3 is 14.4 Å². The summed E-state index contributed by atoms with van der Waals surface area (Å²) in [6, 6.07) is 10.3. The second kappa shape index (κ2) is 7.14. The van der Waals surface area contributed by atoms with Gasteiger partial charge in [0.2, 0.25) is 0 Å². The number of ether oxygens (including phenoxy) is 2. The van der Waals surface area contributed by atoms with Crippen molar-refractivity contribution in [3.05, 3.63) is 35.9 Å². The Kier molecular flexibility index (Phi) is 5.46. The van der Waals surface area contributed by atoms with E-state index in [1.807, 2.05) is 43.9 Å². The number of hydrogen-bond donors (Lipinski definition) is 0. The number of rotatable bonds is 4. The Balaban J connectivity index is 1.90. The Morgan fingerprint density at radius 1 is 1.27 bits per heavy atom. The SMILES string of the molecule is CC[C@@H]1C[C@@H](OCc2ccccc2)CN1C(=O)OC(C)(C)C. The van der Waals surface area contributed by atoms with Crippen molar-refractivity contribution in [3.8, 4) is 0 Å². The molecular weight excluding hydrogens is 278 g/mol. The van der Waals surface area contributed by atoms with Gasteiger partial charge in [0, 0.05) is 6.04 Å². The van der Waals surface area contributed by atoms with Crippen LogP contribution in [0.4, 0.5) is 4.79 Å². The van der Waals surface area contributed by atoms with Crippen molar-refractivity contribution >= 4 is 6.09 Å². The number of benzene rings is 1. The van der Waals surface area contributed by atoms with Crippen molar-refractivity contribution in [1.29, 1.82) is 0 Å². The van der Waals surface area contributed by atoms with Crippen LogP contribution in [0.15, 0.2) is 30.3 Å². The summed E-state index contributed by atoms with van der Waals surface area (Å²) in [7, 11) is 0. The van der Waals surface area contributed by atoms with Crippen molar-refractivity contribution in [2.75, 3.05) is 6.54 Å². The number of amides is 1. The molecule has 4 nitrogen and oxygen atoms in total. The van der Waals surface area contributed by atoms with E-state index in [9.17, 15) is 4.79 Å². The highest BCUT2D eigenvalue weighted by molar-refractivity contribution is 5.69. The molecule has 1 aliphatic rings. The molecule has 1 amide bonds. The maximum absolute atomic E-state index is 12.3. The van der Waals surface area contributed by atoms with Crippen LogP contribution in [-0.2, 0) is 16.1 Å². The second-order valence-corrected chi connectivity index (χ2v) is 6.85. The van der Waals surface area contributed by atoms with Gasteiger partial charge in [-0.15, -0.1) is 0 Å². The lowest BCUT2D eigenvalue weighted by atomic mass is 10.1. The molecule has 0 unspecified atom stereocenters. The number of likely N-dealkylation sites (tertiary alicyclic amines) is 1. The number of carbonyl (C=O) groups excluding carboxylic acids is 1. The third-order valence-electron chi connectivity index (χ3n) is 3.80. The highest BCUT2D eigenvalue weighted by atomic mass is 16.6. The van der Waals surface area contributed by atoms with E-state index in [1.165, 1.54) is 0 Å². The minimum Gasteiger partial charge on any atom is -0.444 e. The third-order valence-corrected chi connectivity index (χ3v) is 3.80. The van der Waals surface area contributed by atoms with Crippen LogP contribution in [0, 0.1) is 0 Å². The van der Waals surface area contributed by atoms with Gasteiger partial charge in [0.25, 0.3) is 0 Å². The highest BCUT2D eigenvalue weighted by Crippen LogP contribution is 2.25. The van der Waals surface area contributed by atoms with Gasteiger partial charge in [0.05, 0.1) is 19.3 Å². The summed E-state index contributed by atoms with van der Waals surface area (Å²) in [5.41, 5.74) is 0.699. The van der Waals surface area contributed by atoms with E-state index < -0.39 is 5.60 Å². The molecule has 1 fully saturated rings. The molecule has 1 saturated heterocycles. The first-order valence-electron chi connectivity index (χ1n) is 8.04. The maximum atomic E-state index is 12.3. The summed E-state index contributed by atoms with van der Waals surface area (Å²) in [6.07, 6.45) is 1.65. The van der Waals surface area contributed by atoms with Crippen LogP contribution >= 0.6 is 0 Å². The summed E-state index contributed by atoms with van der Waals surface area (Å²) < 4.78 is 11.5. The second-order valence-electron chi connectivity index (χ2n) is 6.85. The first kappa shape index (κ1) is 16.8. The first-order chi connectivity index (χ1) is 10.4. The maximum Gasteiger partial charge on any atom is 0.410 e. The summed E-state index contributed by atoms with van der Waals surface area (Å²) in [5, 5.41) is 0. The predicted molar refractivity (Wildman–Crippen MR) is 86.7 cm³/mol. The van der Waals surface area contributed by atoms with Gasteiger partial charge >= 0.3 is 6.09 Å². The van der Waals surface area contributed by atoms with Crippen LogP contribution in [0.5, 0.6) is 0 Å². The molecule has 1 aromatic rings. The smallest absolute Gasteiger partial charge is 0.410 e. The molecule has 1 aliphatic heterocycles. The average molecular weight is 305 g/mol. The van der Waals surface area contributed by atoms with Crippen molar-refractivity contribution < 1.29 is 14.3 Å². The molecule has 0 bridgehead atoms. The van der Waals surface area contributed by atoms with Crippen LogP contribution < -0.4 is 0 Å². The summed E-state index contributed by atoms with van der Waals surface area (Å²) >= 11 is 0. The molecule has 0 saturated carbocycles. The zero-order valence-corrected chi connectivity index (χ0v) is 14.0. The van der Waals surface area contributed by atoms with Crippen LogP contribution in [-0.4, -0.2) is 35.3 Å². The molecule has 22 heavy (non-hydrogen) atoms. The zero-order valence-electron chi connectivity index (χ0n) is 14.0. The van der Waals surface area contributed by atoms with Crippen LogP contribution in [0.3, 0.4) is 0 Å². The van der Waals surface area contributed by atoms with Crippen molar-refractivity contribution in [2.45, 2.75) is 64.9 Å². The fourth-order valence-electron chi connectivity index (χ4n) is 2.71. The van der Waals surface area contributed by atoms with E-state index in [2.05, 4.69) is 19.1 Å². The van der Waals surface area contributed by atoms with E-state index in [0.29, 0.717) is 13.2 Å². The van der Waals surface area contributed by atoms with Gasteiger partial charge in [-0.1, -0.05) is 37.3 Å². The molecule has 0 aliphatic carbocycles. The molecule has 122 valence electrons. The van der Waals surface area contributed by atoms with Crippen molar-refractivity contribution in [3.63, 3.8) is 0 Å². The van der Waals surface area contributed by atoms with Crippen molar-refractivity contribution in [2.24, 2.45) is 0 Å². The van der Waals surface area contributed by atoms with E-state index in [1.54, 1.807) is 0 Å². The molecular formula is C18H27NO3. The van der Waals surface area contributed by atoms with Gasteiger partial charge in [-0.25, -0.2) is 4.79 Å². The molecule has 2 atom stereocenters. The van der Waals surface area contributed by atoms with Crippen LogP contribution in [0.25, 0.3) is 0 Å². The fourth-order valence-corrected chi connectivity index (χ4v) is 2.71. The van der Waals surface area contributed by atoms with E-state index in [4.69, 9.17) is 9.47 Å². The average Bonchev–Trinajstić information content (AvgIpc) is 2.88. The first-order valence-corrected chi connectivity index (χ1v) is 8.04. The van der Waals surface area contributed by atoms with Crippen LogP contribution in [0.2, 0.25) is 0 Å². The summed E-state index contributed by atoms with van der Waals surface area (Å²) in [4.78, 5) is 14.1. The molecule has 1 aromatic carbocycles. The zero-order chi connectivity index (χ0) is 16.2. The Bertz CT molecular complexity index is 481. The van der Waals surface area contributed by atoms with E-state index >= 15 is 0 Å². The predicted octanol–water partition coefficient (Wildman–Crippen LogP) is 3.99. The molecule has 0 spiro atoms. The van der Waals surface area contributed by atoms with Gasteiger partial charge in [0.1, 0.15) is 5.60 Å². The van der Waals surface area contributed by atoms with Gasteiger partial charge in [0.15, 0.2) is 0 Å². The standard InChI is InChI=1S/C18H27NO3/c1-5-15-11-16(21-13-14-9-7-6-8-10-14)12-19(15)17(20)22-18(2,3)4/h6-10,15-16H,5,11-13H2,1-4H3/t15-,16-/m1/s1. The lowest BCUT2D eigenvalue weighted by Gasteiger charge is -2.27. The van der Waals surface area contributed by atoms with Gasteiger partial charge in [-0.05, 0) is 39.2 Å².